The van der Waals surface area contributed by atoms with Crippen LogP contribution in [0.5, 0.6) is 0 Å². The van der Waals surface area contributed by atoms with Crippen LogP contribution in [0.3, 0.4) is 0 Å². The zero-order valence-corrected chi connectivity index (χ0v) is 9.21. The SMILES string of the molecule is CCOCCOCC(CN)CCCN. The van der Waals surface area contributed by atoms with Crippen LogP contribution >= 0.6 is 0 Å². The highest BCUT2D eigenvalue weighted by Gasteiger charge is 2.05. The van der Waals surface area contributed by atoms with E-state index in [1.807, 2.05) is 6.92 Å². The van der Waals surface area contributed by atoms with Crippen LogP contribution in [0, 0.1) is 5.92 Å². The number of hydrogen-bond donors (Lipinski definition) is 2. The first kappa shape index (κ1) is 13.8. The van der Waals surface area contributed by atoms with Gasteiger partial charge in [-0.05, 0) is 38.8 Å². The van der Waals surface area contributed by atoms with Gasteiger partial charge in [0.15, 0.2) is 0 Å². The summed E-state index contributed by atoms with van der Waals surface area (Å²) in [5, 5.41) is 0. The summed E-state index contributed by atoms with van der Waals surface area (Å²) in [4.78, 5) is 0. The van der Waals surface area contributed by atoms with Crippen LogP contribution in [-0.4, -0.2) is 39.5 Å². The minimum absolute atomic E-state index is 0.445. The molecule has 0 aromatic rings. The van der Waals surface area contributed by atoms with E-state index in [0.717, 1.165) is 32.6 Å². The maximum Gasteiger partial charge on any atom is 0.0700 e. The Labute approximate surface area is 86.9 Å². The van der Waals surface area contributed by atoms with Gasteiger partial charge in [-0.1, -0.05) is 0 Å². The van der Waals surface area contributed by atoms with Crippen LogP contribution < -0.4 is 11.5 Å². The van der Waals surface area contributed by atoms with E-state index < -0.39 is 0 Å². The van der Waals surface area contributed by atoms with E-state index >= 15 is 0 Å². The fraction of sp³-hybridized carbons (Fsp3) is 1.00. The van der Waals surface area contributed by atoms with Gasteiger partial charge in [-0.25, -0.2) is 0 Å². The molecule has 4 heteroatoms. The molecule has 0 aliphatic heterocycles. The molecular formula is C10H24N2O2. The molecule has 0 aliphatic carbocycles. The molecule has 0 aromatic heterocycles. The lowest BCUT2D eigenvalue weighted by molar-refractivity contribution is 0.0371. The van der Waals surface area contributed by atoms with Gasteiger partial charge in [0.1, 0.15) is 0 Å². The third-order valence-corrected chi connectivity index (χ3v) is 2.08. The van der Waals surface area contributed by atoms with Crippen molar-refractivity contribution in [3.8, 4) is 0 Å². The highest BCUT2D eigenvalue weighted by Crippen LogP contribution is 2.04. The molecule has 0 radical (unpaired) electrons. The third kappa shape index (κ3) is 8.44. The normalized spacial score (nSPS) is 13.1. The van der Waals surface area contributed by atoms with Crippen LogP contribution in [0.4, 0.5) is 0 Å². The molecule has 0 saturated heterocycles. The number of nitrogens with two attached hydrogens (primary N) is 2. The monoisotopic (exact) mass is 204 g/mol. The minimum atomic E-state index is 0.445. The van der Waals surface area contributed by atoms with Crippen molar-refractivity contribution in [1.29, 1.82) is 0 Å². The molecule has 1 unspecified atom stereocenters. The molecular weight excluding hydrogens is 180 g/mol. The molecule has 4 nitrogen and oxygen atoms in total. The topological polar surface area (TPSA) is 70.5 Å². The molecule has 0 amide bonds. The van der Waals surface area contributed by atoms with Gasteiger partial charge in [-0.15, -0.1) is 0 Å². The summed E-state index contributed by atoms with van der Waals surface area (Å²) in [5.74, 6) is 0.445. The van der Waals surface area contributed by atoms with Gasteiger partial charge >= 0.3 is 0 Å². The molecule has 86 valence electrons. The van der Waals surface area contributed by atoms with Crippen LogP contribution in [0.25, 0.3) is 0 Å². The van der Waals surface area contributed by atoms with Crippen molar-refractivity contribution >= 4 is 0 Å². The Morgan fingerprint density at radius 3 is 2.43 bits per heavy atom. The maximum atomic E-state index is 5.60. The van der Waals surface area contributed by atoms with Crippen molar-refractivity contribution in [2.45, 2.75) is 19.8 Å². The van der Waals surface area contributed by atoms with E-state index in [1.54, 1.807) is 0 Å². The van der Waals surface area contributed by atoms with E-state index in [9.17, 15) is 0 Å². The summed E-state index contributed by atoms with van der Waals surface area (Å²) in [7, 11) is 0. The Morgan fingerprint density at radius 2 is 1.86 bits per heavy atom. The van der Waals surface area contributed by atoms with E-state index in [0.29, 0.717) is 25.7 Å². The van der Waals surface area contributed by atoms with Crippen molar-refractivity contribution in [2.24, 2.45) is 17.4 Å². The quantitative estimate of drug-likeness (QED) is 0.504. The molecule has 1 atom stereocenters. The van der Waals surface area contributed by atoms with Crippen molar-refractivity contribution < 1.29 is 9.47 Å². The Kier molecular flexibility index (Phi) is 10.8. The van der Waals surface area contributed by atoms with Gasteiger partial charge in [0.2, 0.25) is 0 Å². The van der Waals surface area contributed by atoms with Gasteiger partial charge in [-0.2, -0.15) is 0 Å². The number of ether oxygens (including phenoxy) is 2. The highest BCUT2D eigenvalue weighted by atomic mass is 16.5. The Morgan fingerprint density at radius 1 is 1.14 bits per heavy atom. The van der Waals surface area contributed by atoms with E-state index in [4.69, 9.17) is 20.9 Å². The van der Waals surface area contributed by atoms with Crippen LogP contribution in [0.2, 0.25) is 0 Å². The summed E-state index contributed by atoms with van der Waals surface area (Å²) in [6, 6.07) is 0. The van der Waals surface area contributed by atoms with Crippen molar-refractivity contribution in [1.82, 2.24) is 0 Å². The van der Waals surface area contributed by atoms with Crippen LogP contribution in [0.15, 0.2) is 0 Å². The lowest BCUT2D eigenvalue weighted by Gasteiger charge is -2.14. The summed E-state index contributed by atoms with van der Waals surface area (Å²) in [6.45, 7) is 6.19. The van der Waals surface area contributed by atoms with Crippen LogP contribution in [-0.2, 0) is 9.47 Å². The standard InChI is InChI=1S/C10H24N2O2/c1-2-13-6-7-14-9-10(8-12)4-3-5-11/h10H,2-9,11-12H2,1H3. The molecule has 0 aliphatic rings. The lowest BCUT2D eigenvalue weighted by atomic mass is 10.1. The summed E-state index contributed by atoms with van der Waals surface area (Å²) < 4.78 is 10.6. The van der Waals surface area contributed by atoms with Gasteiger partial charge in [0.25, 0.3) is 0 Å². The van der Waals surface area contributed by atoms with Gasteiger partial charge < -0.3 is 20.9 Å². The van der Waals surface area contributed by atoms with Gasteiger partial charge in [0.05, 0.1) is 19.8 Å². The summed E-state index contributed by atoms with van der Waals surface area (Å²) in [5.41, 5.74) is 11.0. The molecule has 0 aromatic carbocycles. The molecule has 14 heavy (non-hydrogen) atoms. The van der Waals surface area contributed by atoms with Crippen molar-refractivity contribution in [3.63, 3.8) is 0 Å². The molecule has 0 rings (SSSR count). The van der Waals surface area contributed by atoms with Gasteiger partial charge in [0, 0.05) is 6.61 Å². The maximum absolute atomic E-state index is 5.60. The average molecular weight is 204 g/mol. The molecule has 0 fully saturated rings. The molecule has 0 bridgehead atoms. The van der Waals surface area contributed by atoms with Crippen molar-refractivity contribution in [2.75, 3.05) is 39.5 Å². The van der Waals surface area contributed by atoms with Crippen LogP contribution in [0.1, 0.15) is 19.8 Å². The number of hydrogen-bond acceptors (Lipinski definition) is 4. The fourth-order valence-electron chi connectivity index (χ4n) is 1.19. The predicted molar refractivity (Wildman–Crippen MR) is 58.1 cm³/mol. The summed E-state index contributed by atoms with van der Waals surface area (Å²) in [6.07, 6.45) is 2.08. The highest BCUT2D eigenvalue weighted by molar-refractivity contribution is 4.59. The molecule has 0 saturated carbocycles. The average Bonchev–Trinajstić information content (AvgIpc) is 2.22. The first-order chi connectivity index (χ1) is 6.85. The minimum Gasteiger partial charge on any atom is -0.379 e. The lowest BCUT2D eigenvalue weighted by Crippen LogP contribution is -2.22. The Balaban J connectivity index is 3.24. The van der Waals surface area contributed by atoms with Crippen molar-refractivity contribution in [3.05, 3.63) is 0 Å². The third-order valence-electron chi connectivity index (χ3n) is 2.08. The smallest absolute Gasteiger partial charge is 0.0700 e. The Bertz CT molecular complexity index is 112. The van der Waals surface area contributed by atoms with Gasteiger partial charge in [-0.3, -0.25) is 0 Å². The first-order valence-electron chi connectivity index (χ1n) is 5.40. The second kappa shape index (κ2) is 10.9. The summed E-state index contributed by atoms with van der Waals surface area (Å²) >= 11 is 0. The number of rotatable bonds is 10. The first-order valence-corrected chi connectivity index (χ1v) is 5.40. The zero-order valence-electron chi connectivity index (χ0n) is 9.21. The molecule has 4 N–H and O–H groups in total. The van der Waals surface area contributed by atoms with E-state index in [1.165, 1.54) is 0 Å². The fourth-order valence-corrected chi connectivity index (χ4v) is 1.19. The second-order valence-corrected chi connectivity index (χ2v) is 3.30. The van der Waals surface area contributed by atoms with E-state index in [-0.39, 0.29) is 0 Å². The Hall–Kier alpha value is -0.160. The largest absolute Gasteiger partial charge is 0.379 e. The molecule has 0 heterocycles. The van der Waals surface area contributed by atoms with E-state index in [2.05, 4.69) is 0 Å². The zero-order chi connectivity index (χ0) is 10.6. The second-order valence-electron chi connectivity index (χ2n) is 3.30. The predicted octanol–water partition coefficient (Wildman–Crippen LogP) is 0.353. The molecule has 0 spiro atoms.